The van der Waals surface area contributed by atoms with Crippen LogP contribution in [-0.4, -0.2) is 26.6 Å². The van der Waals surface area contributed by atoms with Crippen molar-refractivity contribution in [1.29, 1.82) is 0 Å². The highest BCUT2D eigenvalue weighted by Crippen LogP contribution is 2.30. The lowest BCUT2D eigenvalue weighted by Gasteiger charge is -2.20. The normalized spacial score (nSPS) is 17.6. The Bertz CT molecular complexity index is 713. The van der Waals surface area contributed by atoms with Gasteiger partial charge in [-0.1, -0.05) is 13.0 Å². The number of hydrogen-bond acceptors (Lipinski definition) is 3. The minimum atomic E-state index is -3.30. The van der Waals surface area contributed by atoms with Crippen molar-refractivity contribution in [2.45, 2.75) is 26.7 Å². The minimum absolute atomic E-state index is 0.122. The first-order chi connectivity index (χ1) is 10.3. The number of sulfonamides is 1. The summed E-state index contributed by atoms with van der Waals surface area (Å²) in [7, 11) is -3.30. The zero-order chi connectivity index (χ0) is 16.3. The predicted molar refractivity (Wildman–Crippen MR) is 85.0 cm³/mol. The first-order valence-corrected chi connectivity index (χ1v) is 8.74. The number of hydrogen-bond donors (Lipinski definition) is 1. The van der Waals surface area contributed by atoms with E-state index in [2.05, 4.69) is 5.32 Å². The second kappa shape index (κ2) is 6.48. The summed E-state index contributed by atoms with van der Waals surface area (Å²) in [5, 5.41) is 2.44. The molecule has 0 aromatic heterocycles. The molecule has 1 amide bonds. The Balaban J connectivity index is 2.28. The summed E-state index contributed by atoms with van der Waals surface area (Å²) in [6, 6.07) is 4.90. The van der Waals surface area contributed by atoms with Crippen molar-refractivity contribution in [3.63, 3.8) is 0 Å². The first kappa shape index (κ1) is 16.5. The van der Waals surface area contributed by atoms with Gasteiger partial charge in [0.1, 0.15) is 0 Å². The minimum Gasteiger partial charge on any atom is -0.320 e. The number of carbonyl (C=O) groups excluding carboxylic acids is 1. The largest absolute Gasteiger partial charge is 0.320 e. The van der Waals surface area contributed by atoms with Crippen LogP contribution in [-0.2, 0) is 14.8 Å². The fourth-order valence-corrected chi connectivity index (χ4v) is 3.95. The van der Waals surface area contributed by atoms with Gasteiger partial charge in [0.25, 0.3) is 5.91 Å². The third kappa shape index (κ3) is 3.47. The smallest absolute Gasteiger partial charge is 0.284 e. The van der Waals surface area contributed by atoms with Crippen molar-refractivity contribution < 1.29 is 17.6 Å². The lowest BCUT2D eigenvalue weighted by atomic mass is 10.1. The van der Waals surface area contributed by atoms with Crippen molar-refractivity contribution in [2.24, 2.45) is 0 Å². The van der Waals surface area contributed by atoms with Gasteiger partial charge in [-0.05, 0) is 43.5 Å². The first-order valence-electron chi connectivity index (χ1n) is 7.13. The number of aryl methyl sites for hydroxylation is 1. The van der Waals surface area contributed by atoms with Gasteiger partial charge in [-0.3, -0.25) is 9.10 Å². The maximum atomic E-state index is 13.4. The van der Waals surface area contributed by atoms with Gasteiger partial charge in [0, 0.05) is 12.2 Å². The number of benzene rings is 1. The second-order valence-electron chi connectivity index (χ2n) is 5.16. The fourth-order valence-electron chi connectivity index (χ4n) is 2.33. The SMILES string of the molecule is CC/C=C(\F)C(=O)Nc1ccc(C)c(N2CCCS2(=O)=O)c1. The molecule has 1 aromatic carbocycles. The number of allylic oxidation sites excluding steroid dienone is 1. The summed E-state index contributed by atoms with van der Waals surface area (Å²) >= 11 is 0. The van der Waals surface area contributed by atoms with Gasteiger partial charge in [-0.15, -0.1) is 0 Å². The molecule has 0 aliphatic carbocycles. The van der Waals surface area contributed by atoms with E-state index in [1.54, 1.807) is 32.0 Å². The quantitative estimate of drug-likeness (QED) is 0.865. The molecule has 7 heteroatoms. The number of rotatable bonds is 4. The maximum Gasteiger partial charge on any atom is 0.284 e. The van der Waals surface area contributed by atoms with Crippen LogP contribution < -0.4 is 9.62 Å². The van der Waals surface area contributed by atoms with E-state index in [4.69, 9.17) is 0 Å². The van der Waals surface area contributed by atoms with Crippen LogP contribution in [0.15, 0.2) is 30.1 Å². The van der Waals surface area contributed by atoms with Crippen molar-refractivity contribution in [3.05, 3.63) is 35.7 Å². The summed E-state index contributed by atoms with van der Waals surface area (Å²) in [6.07, 6.45) is 2.19. The molecule has 0 spiro atoms. The molecule has 1 saturated heterocycles. The molecule has 1 N–H and O–H groups in total. The fraction of sp³-hybridized carbons (Fsp3) is 0.400. The molecule has 0 bridgehead atoms. The highest BCUT2D eigenvalue weighted by molar-refractivity contribution is 7.93. The molecule has 22 heavy (non-hydrogen) atoms. The van der Waals surface area contributed by atoms with Crippen LogP contribution in [0.1, 0.15) is 25.3 Å². The van der Waals surface area contributed by atoms with Crippen LogP contribution in [0.25, 0.3) is 0 Å². The van der Waals surface area contributed by atoms with Crippen LogP contribution in [0.3, 0.4) is 0 Å². The highest BCUT2D eigenvalue weighted by atomic mass is 32.2. The van der Waals surface area contributed by atoms with Gasteiger partial charge in [0.15, 0.2) is 5.83 Å². The third-order valence-corrected chi connectivity index (χ3v) is 5.29. The number of anilines is 2. The van der Waals surface area contributed by atoms with Crippen molar-refractivity contribution in [1.82, 2.24) is 0 Å². The van der Waals surface area contributed by atoms with Crippen LogP contribution in [0.4, 0.5) is 15.8 Å². The molecule has 0 unspecified atom stereocenters. The average molecular weight is 326 g/mol. The van der Waals surface area contributed by atoms with Gasteiger partial charge in [0.2, 0.25) is 10.0 Å². The molecule has 0 radical (unpaired) electrons. The maximum absolute atomic E-state index is 13.4. The third-order valence-electron chi connectivity index (χ3n) is 3.44. The van der Waals surface area contributed by atoms with Crippen molar-refractivity contribution in [3.8, 4) is 0 Å². The highest BCUT2D eigenvalue weighted by Gasteiger charge is 2.29. The van der Waals surface area contributed by atoms with Crippen LogP contribution >= 0.6 is 0 Å². The van der Waals surface area contributed by atoms with E-state index in [-0.39, 0.29) is 5.75 Å². The van der Waals surface area contributed by atoms with Crippen LogP contribution in [0, 0.1) is 6.92 Å². The van der Waals surface area contributed by atoms with Gasteiger partial charge >= 0.3 is 0 Å². The zero-order valence-electron chi connectivity index (χ0n) is 12.6. The standard InChI is InChI=1S/C15H19FN2O3S/c1-3-5-13(16)15(19)17-12-7-6-11(2)14(10-12)18-8-4-9-22(18,20)21/h5-7,10H,3-4,8-9H2,1-2H3,(H,17,19)/b13-5-. The summed E-state index contributed by atoms with van der Waals surface area (Å²) in [5.41, 5.74) is 1.68. The Hall–Kier alpha value is -1.89. The molecule has 120 valence electrons. The molecular weight excluding hydrogens is 307 g/mol. The van der Waals surface area contributed by atoms with E-state index < -0.39 is 21.8 Å². The molecule has 0 atom stereocenters. The van der Waals surface area contributed by atoms with Gasteiger partial charge in [0.05, 0.1) is 11.4 Å². The van der Waals surface area contributed by atoms with E-state index in [0.29, 0.717) is 30.8 Å². The molecule has 1 aliphatic rings. The Morgan fingerprint density at radius 1 is 1.45 bits per heavy atom. The Morgan fingerprint density at radius 3 is 2.77 bits per heavy atom. The molecular formula is C15H19FN2O3S. The van der Waals surface area contributed by atoms with Crippen molar-refractivity contribution in [2.75, 3.05) is 21.9 Å². The summed E-state index contributed by atoms with van der Waals surface area (Å²) in [6.45, 7) is 3.95. The second-order valence-corrected chi connectivity index (χ2v) is 7.17. The van der Waals surface area contributed by atoms with Gasteiger partial charge < -0.3 is 5.32 Å². The number of carbonyl (C=O) groups is 1. The van der Waals surface area contributed by atoms with E-state index in [9.17, 15) is 17.6 Å². The molecule has 1 aliphatic heterocycles. The van der Waals surface area contributed by atoms with Gasteiger partial charge in [-0.2, -0.15) is 0 Å². The molecule has 1 fully saturated rings. The van der Waals surface area contributed by atoms with E-state index >= 15 is 0 Å². The molecule has 1 heterocycles. The average Bonchev–Trinajstić information content (AvgIpc) is 2.80. The number of nitrogens with zero attached hydrogens (tertiary/aromatic N) is 1. The van der Waals surface area contributed by atoms with E-state index in [0.717, 1.165) is 5.56 Å². The zero-order valence-corrected chi connectivity index (χ0v) is 13.4. The van der Waals surface area contributed by atoms with Crippen LogP contribution in [0.2, 0.25) is 0 Å². The predicted octanol–water partition coefficient (Wildman–Crippen LogP) is 2.74. The monoisotopic (exact) mass is 326 g/mol. The van der Waals surface area contributed by atoms with E-state index in [1.165, 1.54) is 10.4 Å². The lowest BCUT2D eigenvalue weighted by Crippen LogP contribution is -2.26. The summed E-state index contributed by atoms with van der Waals surface area (Å²) in [5.74, 6) is -1.56. The molecule has 1 aromatic rings. The molecule has 2 rings (SSSR count). The number of amides is 1. The Kier molecular flexibility index (Phi) is 4.85. The lowest BCUT2D eigenvalue weighted by molar-refractivity contribution is -0.114. The Morgan fingerprint density at radius 2 is 2.18 bits per heavy atom. The Labute approximate surface area is 129 Å². The topological polar surface area (TPSA) is 66.5 Å². The molecule has 5 nitrogen and oxygen atoms in total. The number of halogens is 1. The molecule has 0 saturated carbocycles. The van der Waals surface area contributed by atoms with E-state index in [1.807, 2.05) is 0 Å². The summed E-state index contributed by atoms with van der Waals surface area (Å²) in [4.78, 5) is 11.7. The number of nitrogens with one attached hydrogen (secondary N) is 1. The van der Waals surface area contributed by atoms with Gasteiger partial charge in [-0.25, -0.2) is 12.8 Å². The summed E-state index contributed by atoms with van der Waals surface area (Å²) < 4.78 is 38.8. The van der Waals surface area contributed by atoms with Crippen LogP contribution in [0.5, 0.6) is 0 Å². The van der Waals surface area contributed by atoms with Crippen molar-refractivity contribution >= 4 is 27.3 Å².